The fourth-order valence-electron chi connectivity index (χ4n) is 3.96. The van der Waals surface area contributed by atoms with Crippen molar-refractivity contribution in [2.45, 2.75) is 25.4 Å². The van der Waals surface area contributed by atoms with Crippen molar-refractivity contribution in [2.75, 3.05) is 13.1 Å². The van der Waals surface area contributed by atoms with Gasteiger partial charge in [-0.15, -0.1) is 0 Å². The van der Waals surface area contributed by atoms with E-state index in [2.05, 4.69) is 31.2 Å². The lowest BCUT2D eigenvalue weighted by Gasteiger charge is -2.20. The van der Waals surface area contributed by atoms with Gasteiger partial charge in [0, 0.05) is 19.0 Å². The Kier molecular flexibility index (Phi) is 7.69. The minimum absolute atomic E-state index is 0.0211. The van der Waals surface area contributed by atoms with E-state index in [9.17, 15) is 24.0 Å². The highest BCUT2D eigenvalue weighted by molar-refractivity contribution is 6.38. The van der Waals surface area contributed by atoms with Crippen molar-refractivity contribution in [1.29, 1.82) is 0 Å². The van der Waals surface area contributed by atoms with Crippen molar-refractivity contribution in [3.05, 3.63) is 66.0 Å². The molecule has 4 amide bonds. The van der Waals surface area contributed by atoms with Crippen LogP contribution in [0, 0.1) is 5.92 Å². The summed E-state index contributed by atoms with van der Waals surface area (Å²) < 4.78 is 0. The maximum Gasteiger partial charge on any atom is 0.289 e. The number of fused-ring (bicyclic) bond motifs is 1. The number of Topliss-reactive ketones (excluding diaryl/α,β-unsaturated/α-hetero) is 1. The van der Waals surface area contributed by atoms with Crippen LogP contribution in [0.4, 0.5) is 0 Å². The third-order valence-electron chi connectivity index (χ3n) is 5.87. The molecule has 1 aliphatic heterocycles. The summed E-state index contributed by atoms with van der Waals surface area (Å²) in [5, 5.41) is 10.2. The molecule has 186 valence electrons. The summed E-state index contributed by atoms with van der Waals surface area (Å²) in [5.41, 5.74) is 2.09. The quantitative estimate of drug-likeness (QED) is 0.255. The van der Waals surface area contributed by atoms with E-state index in [1.165, 1.54) is 0 Å². The van der Waals surface area contributed by atoms with Gasteiger partial charge in [0.2, 0.25) is 17.6 Å². The molecule has 0 saturated carbocycles. The van der Waals surface area contributed by atoms with E-state index in [1.54, 1.807) is 36.4 Å². The Morgan fingerprint density at radius 2 is 1.75 bits per heavy atom. The van der Waals surface area contributed by atoms with Crippen molar-refractivity contribution in [1.82, 2.24) is 31.2 Å². The average Bonchev–Trinajstić information content (AvgIpc) is 3.51. The number of carbonyl (C=O) groups excluding carboxylic acids is 5. The predicted molar refractivity (Wildman–Crippen MR) is 129 cm³/mol. The molecule has 3 aromatic rings. The Morgan fingerprint density at radius 1 is 1.00 bits per heavy atom. The zero-order valence-corrected chi connectivity index (χ0v) is 19.4. The number of rotatable bonds is 10. The zero-order chi connectivity index (χ0) is 25.5. The number of ketones is 1. The van der Waals surface area contributed by atoms with E-state index >= 15 is 0 Å². The molecule has 2 unspecified atom stereocenters. The average molecular weight is 491 g/mol. The predicted octanol–water partition coefficient (Wildman–Crippen LogP) is 0.189. The Morgan fingerprint density at radius 3 is 2.47 bits per heavy atom. The number of para-hydroxylation sites is 2. The van der Waals surface area contributed by atoms with Gasteiger partial charge >= 0.3 is 0 Å². The standard InChI is InChI=1S/C25H26N6O5/c32-20(14-28-25(36)22-30-17-8-4-5-9-18(17)31-22)29-19(12-16-10-11-26-23(16)34)21(33)24(35)27-13-15-6-2-1-3-7-15/h1-9,16,19H,10-14H2,(H,26,34)(H,27,35)(H,28,36)(H,29,32)(H,30,31). The summed E-state index contributed by atoms with van der Waals surface area (Å²) in [6, 6.07) is 14.9. The SMILES string of the molecule is O=C(CNC(=O)c1nc2ccccc2[nH]1)NC(CC1CCNC1=O)C(=O)C(=O)NCc1ccccc1. The molecule has 1 aliphatic rings. The van der Waals surface area contributed by atoms with Gasteiger partial charge in [0.15, 0.2) is 5.82 Å². The molecule has 1 aromatic heterocycles. The van der Waals surface area contributed by atoms with E-state index in [0.29, 0.717) is 24.0 Å². The second-order valence-corrected chi connectivity index (χ2v) is 8.45. The fraction of sp³-hybridized carbons (Fsp3) is 0.280. The molecule has 5 N–H and O–H groups in total. The molecule has 0 bridgehead atoms. The van der Waals surface area contributed by atoms with Crippen LogP contribution in [0.5, 0.6) is 0 Å². The molecular formula is C25H26N6O5. The number of aromatic amines is 1. The highest BCUT2D eigenvalue weighted by Gasteiger charge is 2.34. The minimum atomic E-state index is -1.22. The number of nitrogens with zero attached hydrogens (tertiary/aromatic N) is 1. The second-order valence-electron chi connectivity index (χ2n) is 8.45. The number of aromatic nitrogens is 2. The van der Waals surface area contributed by atoms with Gasteiger partial charge < -0.3 is 26.3 Å². The van der Waals surface area contributed by atoms with Crippen LogP contribution >= 0.6 is 0 Å². The Labute approximate surface area is 206 Å². The molecule has 1 saturated heterocycles. The first kappa shape index (κ1) is 24.6. The minimum Gasteiger partial charge on any atom is -0.356 e. The lowest BCUT2D eigenvalue weighted by molar-refractivity contribution is -0.140. The summed E-state index contributed by atoms with van der Waals surface area (Å²) >= 11 is 0. The van der Waals surface area contributed by atoms with Crippen LogP contribution in [-0.4, -0.2) is 58.5 Å². The summed E-state index contributed by atoms with van der Waals surface area (Å²) in [6.45, 7) is 0.165. The highest BCUT2D eigenvalue weighted by Crippen LogP contribution is 2.17. The van der Waals surface area contributed by atoms with Crippen molar-refractivity contribution < 1.29 is 24.0 Å². The molecule has 2 atom stereocenters. The van der Waals surface area contributed by atoms with Gasteiger partial charge in [0.05, 0.1) is 23.6 Å². The molecule has 2 heterocycles. The Hall–Kier alpha value is -4.54. The van der Waals surface area contributed by atoms with Crippen LogP contribution in [0.3, 0.4) is 0 Å². The number of carbonyl (C=O) groups is 5. The Bertz CT molecular complexity index is 1260. The van der Waals surface area contributed by atoms with E-state index in [4.69, 9.17) is 0 Å². The van der Waals surface area contributed by atoms with Gasteiger partial charge in [-0.3, -0.25) is 24.0 Å². The van der Waals surface area contributed by atoms with E-state index < -0.39 is 42.0 Å². The van der Waals surface area contributed by atoms with Crippen LogP contribution in [0.25, 0.3) is 11.0 Å². The first-order valence-electron chi connectivity index (χ1n) is 11.6. The largest absolute Gasteiger partial charge is 0.356 e. The molecule has 4 rings (SSSR count). The second kappa shape index (κ2) is 11.3. The lowest BCUT2D eigenvalue weighted by Crippen LogP contribution is -2.51. The third kappa shape index (κ3) is 6.12. The van der Waals surface area contributed by atoms with Crippen LogP contribution < -0.4 is 21.3 Å². The Balaban J connectivity index is 1.36. The van der Waals surface area contributed by atoms with Crippen LogP contribution in [-0.2, 0) is 25.7 Å². The van der Waals surface area contributed by atoms with Gasteiger partial charge in [0.25, 0.3) is 11.8 Å². The first-order chi connectivity index (χ1) is 17.4. The normalized spacial score (nSPS) is 15.7. The molecule has 2 aromatic carbocycles. The highest BCUT2D eigenvalue weighted by atomic mass is 16.2. The van der Waals surface area contributed by atoms with E-state index in [-0.39, 0.29) is 24.7 Å². The monoisotopic (exact) mass is 490 g/mol. The molecular weight excluding hydrogens is 464 g/mol. The topological polar surface area (TPSA) is 162 Å². The molecule has 11 heteroatoms. The smallest absolute Gasteiger partial charge is 0.289 e. The number of benzene rings is 2. The van der Waals surface area contributed by atoms with Crippen LogP contribution in [0.1, 0.15) is 29.0 Å². The number of amides is 4. The van der Waals surface area contributed by atoms with Gasteiger partial charge in [-0.25, -0.2) is 4.98 Å². The van der Waals surface area contributed by atoms with Crippen molar-refractivity contribution in [3.63, 3.8) is 0 Å². The third-order valence-corrected chi connectivity index (χ3v) is 5.87. The summed E-state index contributed by atoms with van der Waals surface area (Å²) in [4.78, 5) is 69.5. The maximum absolute atomic E-state index is 12.9. The molecule has 0 spiro atoms. The van der Waals surface area contributed by atoms with E-state index in [1.807, 2.05) is 18.2 Å². The molecule has 11 nitrogen and oxygen atoms in total. The zero-order valence-electron chi connectivity index (χ0n) is 19.4. The van der Waals surface area contributed by atoms with Gasteiger partial charge in [-0.05, 0) is 30.5 Å². The van der Waals surface area contributed by atoms with Crippen molar-refractivity contribution in [2.24, 2.45) is 5.92 Å². The number of nitrogens with one attached hydrogen (secondary N) is 5. The molecule has 0 radical (unpaired) electrons. The number of hydrogen-bond acceptors (Lipinski definition) is 6. The summed E-state index contributed by atoms with van der Waals surface area (Å²) in [7, 11) is 0. The lowest BCUT2D eigenvalue weighted by atomic mass is 9.95. The van der Waals surface area contributed by atoms with Crippen molar-refractivity contribution >= 4 is 40.4 Å². The molecule has 1 fully saturated rings. The first-order valence-corrected chi connectivity index (χ1v) is 11.6. The van der Waals surface area contributed by atoms with Gasteiger partial charge in [-0.2, -0.15) is 0 Å². The van der Waals surface area contributed by atoms with Crippen molar-refractivity contribution in [3.8, 4) is 0 Å². The molecule has 36 heavy (non-hydrogen) atoms. The van der Waals surface area contributed by atoms with Gasteiger partial charge in [-0.1, -0.05) is 42.5 Å². The summed E-state index contributed by atoms with van der Waals surface area (Å²) in [6.07, 6.45) is 0.472. The summed E-state index contributed by atoms with van der Waals surface area (Å²) in [5.74, 6) is -3.70. The van der Waals surface area contributed by atoms with Gasteiger partial charge in [0.1, 0.15) is 0 Å². The number of imidazole rings is 1. The molecule has 0 aliphatic carbocycles. The van der Waals surface area contributed by atoms with Crippen LogP contribution in [0.15, 0.2) is 54.6 Å². The maximum atomic E-state index is 12.9. The number of hydrogen-bond donors (Lipinski definition) is 5. The fourth-order valence-corrected chi connectivity index (χ4v) is 3.96. The van der Waals surface area contributed by atoms with Crippen LogP contribution in [0.2, 0.25) is 0 Å². The van der Waals surface area contributed by atoms with E-state index in [0.717, 1.165) is 5.56 Å². The number of H-pyrrole nitrogens is 1.